The van der Waals surface area contributed by atoms with Gasteiger partial charge in [-0.15, -0.1) is 0 Å². The summed E-state index contributed by atoms with van der Waals surface area (Å²) in [5.41, 5.74) is 7.92. The third-order valence-corrected chi connectivity index (χ3v) is 8.98. The molecule has 2 heterocycles. The van der Waals surface area contributed by atoms with Crippen LogP contribution in [0.15, 0.2) is 78.0 Å². The smallest absolute Gasteiger partial charge is 0.268 e. The molecule has 0 spiro atoms. The maximum absolute atomic E-state index is 14.0. The molecule has 3 aromatic carbocycles. The summed E-state index contributed by atoms with van der Waals surface area (Å²) in [7, 11) is -4.26. The molecule has 2 amide bonds. The molecule has 5 rings (SSSR count). The topological polar surface area (TPSA) is 154 Å². The first-order chi connectivity index (χ1) is 21.1. The van der Waals surface area contributed by atoms with E-state index in [-0.39, 0.29) is 29.7 Å². The molecule has 1 aliphatic rings. The minimum atomic E-state index is -4.26. The number of nitrogens with two attached hydrogens (primary N) is 1. The number of aromatic amines is 1. The van der Waals surface area contributed by atoms with Crippen molar-refractivity contribution in [2.45, 2.75) is 57.1 Å². The Kier molecular flexibility index (Phi) is 8.91. The lowest BCUT2D eigenvalue weighted by Crippen LogP contribution is -2.37. The second kappa shape index (κ2) is 12.8. The van der Waals surface area contributed by atoms with E-state index in [1.165, 1.54) is 24.4 Å². The minimum absolute atomic E-state index is 0.0106. The van der Waals surface area contributed by atoms with Crippen LogP contribution in [0.3, 0.4) is 0 Å². The van der Waals surface area contributed by atoms with Crippen LogP contribution in [-0.4, -0.2) is 41.3 Å². The Balaban J connectivity index is 1.48. The second-order valence-corrected chi connectivity index (χ2v) is 12.5. The number of aromatic nitrogens is 2. The van der Waals surface area contributed by atoms with Gasteiger partial charge in [0, 0.05) is 23.5 Å². The number of primary amides is 1. The summed E-state index contributed by atoms with van der Waals surface area (Å²) in [6.07, 6.45) is 3.08. The second-order valence-electron chi connectivity index (χ2n) is 10.7. The van der Waals surface area contributed by atoms with Crippen LogP contribution >= 0.6 is 0 Å². The third-order valence-electron chi connectivity index (χ3n) is 7.24. The average Bonchev–Trinajstić information content (AvgIpc) is 3.70. The largest absolute Gasteiger partial charge is 0.476 e. The fraction of sp³-hybridized carbons (Fsp3) is 0.281. The number of nitrogens with one attached hydrogen (secondary N) is 1. The number of carbonyl (C=O) groups excluding carboxylic acids is 2. The van der Waals surface area contributed by atoms with Gasteiger partial charge in [0.1, 0.15) is 11.6 Å². The number of sulfonamides is 1. The van der Waals surface area contributed by atoms with Gasteiger partial charge in [0.25, 0.3) is 21.8 Å². The van der Waals surface area contributed by atoms with Crippen LogP contribution in [0.5, 0.6) is 17.2 Å². The number of hydrogen-bond acceptors (Lipinski definition) is 8. The van der Waals surface area contributed by atoms with E-state index in [0.717, 1.165) is 9.87 Å². The van der Waals surface area contributed by atoms with Crippen molar-refractivity contribution in [3.8, 4) is 17.2 Å². The predicted octanol–water partition coefficient (Wildman–Crippen LogP) is 4.85. The van der Waals surface area contributed by atoms with Gasteiger partial charge in [-0.25, -0.2) is 17.7 Å². The number of nitrogens with zero attached hydrogens (tertiary/aromatic N) is 2. The number of hydrogen-bond donors (Lipinski definition) is 2. The molecule has 1 aromatic heterocycles. The van der Waals surface area contributed by atoms with Gasteiger partial charge in [0.15, 0.2) is 11.5 Å². The number of H-pyrrole nitrogens is 1. The number of benzene rings is 3. The molecule has 44 heavy (non-hydrogen) atoms. The highest BCUT2D eigenvalue weighted by Crippen LogP contribution is 2.36. The number of fused-ring (bicyclic) bond motifs is 1. The summed E-state index contributed by atoms with van der Waals surface area (Å²) in [4.78, 5) is 33.4. The van der Waals surface area contributed by atoms with Crippen molar-refractivity contribution in [1.29, 1.82) is 0 Å². The molecular formula is C32H34N4O7S. The molecule has 4 aromatic rings. The minimum Gasteiger partial charge on any atom is -0.476 e. The van der Waals surface area contributed by atoms with Crippen LogP contribution < -0.4 is 19.9 Å². The monoisotopic (exact) mass is 618 g/mol. The van der Waals surface area contributed by atoms with Gasteiger partial charge >= 0.3 is 0 Å². The van der Waals surface area contributed by atoms with E-state index >= 15 is 0 Å². The van der Waals surface area contributed by atoms with Crippen LogP contribution in [0, 0.1) is 0 Å². The SMILES string of the molecule is CCCc1cc(C(=O)N(Cc2ncc[nH]2)S(=O)(=O)c2ccc(C(C)C)cc2)ccc1OC(C(N)=O)c1ccc2c(c1)OCO2. The van der Waals surface area contributed by atoms with Crippen molar-refractivity contribution in [2.24, 2.45) is 5.73 Å². The van der Waals surface area contributed by atoms with E-state index < -0.39 is 27.9 Å². The maximum atomic E-state index is 14.0. The zero-order valence-corrected chi connectivity index (χ0v) is 25.5. The van der Waals surface area contributed by atoms with E-state index in [1.807, 2.05) is 20.8 Å². The van der Waals surface area contributed by atoms with Gasteiger partial charge in [-0.1, -0.05) is 45.4 Å². The molecule has 0 radical (unpaired) electrons. The number of carbonyl (C=O) groups is 2. The molecule has 0 saturated heterocycles. The Bertz CT molecular complexity index is 1750. The molecule has 1 atom stereocenters. The molecule has 1 unspecified atom stereocenters. The number of rotatable bonds is 12. The van der Waals surface area contributed by atoms with Crippen molar-refractivity contribution in [3.63, 3.8) is 0 Å². The van der Waals surface area contributed by atoms with Gasteiger partial charge in [-0.2, -0.15) is 0 Å². The average molecular weight is 619 g/mol. The van der Waals surface area contributed by atoms with Crippen LogP contribution in [0.1, 0.15) is 72.1 Å². The summed E-state index contributed by atoms with van der Waals surface area (Å²) in [5, 5.41) is 0. The third kappa shape index (κ3) is 6.40. The van der Waals surface area contributed by atoms with Crippen LogP contribution in [0.25, 0.3) is 0 Å². The number of imidazole rings is 1. The normalized spacial score (nSPS) is 13.1. The Morgan fingerprint density at radius 2 is 1.75 bits per heavy atom. The molecule has 0 saturated carbocycles. The van der Waals surface area contributed by atoms with Crippen molar-refractivity contribution < 1.29 is 32.2 Å². The molecule has 0 bridgehead atoms. The van der Waals surface area contributed by atoms with E-state index in [0.29, 0.717) is 47.0 Å². The standard InChI is InChI=1S/C32H34N4O7S/c1-4-5-22-16-24(9-12-26(22)43-30(31(33)37)23-8-13-27-28(17-23)42-19-41-27)32(38)36(18-29-34-14-15-35-29)44(39,40)25-10-6-21(7-11-25)20(2)3/h6-17,20,30H,4-5,18-19H2,1-3H3,(H2,33,37)(H,34,35). The number of ether oxygens (including phenoxy) is 3. The van der Waals surface area contributed by atoms with Gasteiger partial charge < -0.3 is 24.9 Å². The molecule has 12 heteroatoms. The Morgan fingerprint density at radius 3 is 2.41 bits per heavy atom. The lowest BCUT2D eigenvalue weighted by atomic mass is 10.0. The zero-order chi connectivity index (χ0) is 31.4. The predicted molar refractivity (Wildman–Crippen MR) is 162 cm³/mol. The highest BCUT2D eigenvalue weighted by molar-refractivity contribution is 7.89. The van der Waals surface area contributed by atoms with Gasteiger partial charge in [-0.3, -0.25) is 9.59 Å². The quantitative estimate of drug-likeness (QED) is 0.228. The lowest BCUT2D eigenvalue weighted by Gasteiger charge is -2.23. The molecule has 0 fully saturated rings. The van der Waals surface area contributed by atoms with E-state index in [9.17, 15) is 18.0 Å². The van der Waals surface area contributed by atoms with Crippen LogP contribution in [0.4, 0.5) is 0 Å². The van der Waals surface area contributed by atoms with E-state index in [2.05, 4.69) is 9.97 Å². The lowest BCUT2D eigenvalue weighted by molar-refractivity contribution is -0.125. The van der Waals surface area contributed by atoms with E-state index in [1.54, 1.807) is 48.7 Å². The summed E-state index contributed by atoms with van der Waals surface area (Å²) in [6.45, 7) is 5.76. The first kappa shape index (κ1) is 30.6. The summed E-state index contributed by atoms with van der Waals surface area (Å²) in [5.74, 6) is 0.438. The Morgan fingerprint density at radius 1 is 1.02 bits per heavy atom. The molecule has 1 aliphatic heterocycles. The van der Waals surface area contributed by atoms with Crippen LogP contribution in [-0.2, 0) is 27.8 Å². The highest BCUT2D eigenvalue weighted by atomic mass is 32.2. The van der Waals surface area contributed by atoms with Crippen molar-refractivity contribution in [2.75, 3.05) is 6.79 Å². The molecule has 230 valence electrons. The summed E-state index contributed by atoms with van der Waals surface area (Å²) < 4.78 is 45.4. The maximum Gasteiger partial charge on any atom is 0.268 e. The molecule has 3 N–H and O–H groups in total. The summed E-state index contributed by atoms with van der Waals surface area (Å²) >= 11 is 0. The van der Waals surface area contributed by atoms with Crippen LogP contribution in [0.2, 0.25) is 0 Å². The van der Waals surface area contributed by atoms with Crippen molar-refractivity contribution in [1.82, 2.24) is 14.3 Å². The first-order valence-electron chi connectivity index (χ1n) is 14.2. The zero-order valence-electron chi connectivity index (χ0n) is 24.6. The first-order valence-corrected chi connectivity index (χ1v) is 15.7. The van der Waals surface area contributed by atoms with Gasteiger partial charge in [0.2, 0.25) is 12.9 Å². The molecular weight excluding hydrogens is 584 g/mol. The molecule has 0 aliphatic carbocycles. The van der Waals surface area contributed by atoms with Gasteiger partial charge in [-0.05, 0) is 65.9 Å². The van der Waals surface area contributed by atoms with E-state index in [4.69, 9.17) is 19.9 Å². The highest BCUT2D eigenvalue weighted by Gasteiger charge is 2.32. The van der Waals surface area contributed by atoms with Crippen molar-refractivity contribution in [3.05, 3.63) is 101 Å². The molecule has 11 nitrogen and oxygen atoms in total. The summed E-state index contributed by atoms with van der Waals surface area (Å²) in [6, 6.07) is 16.1. The fourth-order valence-corrected chi connectivity index (χ4v) is 6.22. The number of aryl methyl sites for hydroxylation is 1. The number of amides is 2. The fourth-order valence-electron chi connectivity index (χ4n) is 4.87. The Labute approximate surface area is 256 Å². The van der Waals surface area contributed by atoms with Crippen molar-refractivity contribution >= 4 is 21.8 Å². The Hall–Kier alpha value is -4.84. The van der Waals surface area contributed by atoms with Gasteiger partial charge in [0.05, 0.1) is 11.4 Å².